The molecular weight excluding hydrogens is 280 g/mol. The molecule has 2 heterocycles. The van der Waals surface area contributed by atoms with Crippen LogP contribution in [0.5, 0.6) is 0 Å². The number of hydrogen-bond donors (Lipinski definition) is 1. The first-order valence-electron chi connectivity index (χ1n) is 6.30. The zero-order valence-corrected chi connectivity index (χ0v) is 11.8. The molecule has 20 heavy (non-hydrogen) atoms. The quantitative estimate of drug-likeness (QED) is 0.841. The van der Waals surface area contributed by atoms with Gasteiger partial charge in [-0.3, -0.25) is 0 Å². The van der Waals surface area contributed by atoms with Crippen LogP contribution in [0.25, 0.3) is 0 Å². The van der Waals surface area contributed by atoms with Gasteiger partial charge < -0.3 is 14.7 Å². The summed E-state index contributed by atoms with van der Waals surface area (Å²) < 4.78 is 4.99. The van der Waals surface area contributed by atoms with Gasteiger partial charge in [0.2, 0.25) is 0 Å². The van der Waals surface area contributed by atoms with E-state index >= 15 is 0 Å². The van der Waals surface area contributed by atoms with Gasteiger partial charge in [0.25, 0.3) is 0 Å². The molecule has 108 valence electrons. The molecule has 2 rings (SSSR count). The number of amides is 1. The standard InChI is InChI=1S/C13H16N2O4S/c1-2-5-19-13(18)15-4-3-9(7-15)6-11-14-10(8-20-11)12(16)17/h2,8-9H,1,3-7H2,(H,16,17). The van der Waals surface area contributed by atoms with Crippen molar-refractivity contribution in [1.29, 1.82) is 0 Å². The summed E-state index contributed by atoms with van der Waals surface area (Å²) in [5, 5.41) is 11.2. The molecule has 1 aromatic heterocycles. The second kappa shape index (κ2) is 6.51. The Labute approximate surface area is 120 Å². The Balaban J connectivity index is 1.84. The average Bonchev–Trinajstić information content (AvgIpc) is 3.05. The number of rotatable bonds is 5. The van der Waals surface area contributed by atoms with E-state index in [1.165, 1.54) is 17.4 Å². The predicted molar refractivity (Wildman–Crippen MR) is 74.0 cm³/mol. The smallest absolute Gasteiger partial charge is 0.410 e. The normalized spacial score (nSPS) is 18.0. The average molecular weight is 296 g/mol. The number of nitrogens with zero attached hydrogens (tertiary/aromatic N) is 2. The number of hydrogen-bond acceptors (Lipinski definition) is 5. The van der Waals surface area contributed by atoms with Crippen LogP contribution in [0, 0.1) is 5.92 Å². The lowest BCUT2D eigenvalue weighted by atomic mass is 10.1. The van der Waals surface area contributed by atoms with Gasteiger partial charge in [0.15, 0.2) is 5.69 Å². The topological polar surface area (TPSA) is 79.7 Å². The maximum atomic E-state index is 11.7. The lowest BCUT2D eigenvalue weighted by molar-refractivity contribution is 0.0691. The fourth-order valence-electron chi connectivity index (χ4n) is 2.14. The number of aromatic nitrogens is 1. The van der Waals surface area contributed by atoms with Gasteiger partial charge in [0, 0.05) is 24.9 Å². The summed E-state index contributed by atoms with van der Waals surface area (Å²) in [5.41, 5.74) is 0.0882. The van der Waals surface area contributed by atoms with Crippen molar-refractivity contribution < 1.29 is 19.4 Å². The highest BCUT2D eigenvalue weighted by atomic mass is 32.1. The number of carbonyl (C=O) groups is 2. The Morgan fingerprint density at radius 3 is 3.10 bits per heavy atom. The van der Waals surface area contributed by atoms with E-state index in [1.807, 2.05) is 0 Å². The van der Waals surface area contributed by atoms with Crippen LogP contribution in [0.3, 0.4) is 0 Å². The van der Waals surface area contributed by atoms with Gasteiger partial charge in [0.05, 0.1) is 5.01 Å². The zero-order valence-electron chi connectivity index (χ0n) is 10.9. The van der Waals surface area contributed by atoms with E-state index in [-0.39, 0.29) is 18.4 Å². The highest BCUT2D eigenvalue weighted by molar-refractivity contribution is 7.09. The van der Waals surface area contributed by atoms with Crippen molar-refractivity contribution in [1.82, 2.24) is 9.88 Å². The highest BCUT2D eigenvalue weighted by Gasteiger charge is 2.28. The Hall–Kier alpha value is -1.89. The first kappa shape index (κ1) is 14.5. The predicted octanol–water partition coefficient (Wildman–Crippen LogP) is 2.03. The minimum atomic E-state index is -1.01. The van der Waals surface area contributed by atoms with Crippen LogP contribution < -0.4 is 0 Å². The van der Waals surface area contributed by atoms with E-state index in [0.29, 0.717) is 25.4 Å². The van der Waals surface area contributed by atoms with Crippen molar-refractivity contribution >= 4 is 23.4 Å². The third kappa shape index (κ3) is 3.57. The van der Waals surface area contributed by atoms with Gasteiger partial charge in [-0.2, -0.15) is 0 Å². The lowest BCUT2D eigenvalue weighted by Crippen LogP contribution is -2.29. The van der Waals surface area contributed by atoms with Gasteiger partial charge in [0.1, 0.15) is 6.61 Å². The van der Waals surface area contributed by atoms with Crippen LogP contribution in [0.1, 0.15) is 21.9 Å². The maximum Gasteiger partial charge on any atom is 0.410 e. The SMILES string of the molecule is C=CCOC(=O)N1CCC(Cc2nc(C(=O)O)cs2)C1. The molecule has 0 saturated carbocycles. The summed E-state index contributed by atoms with van der Waals surface area (Å²) in [6.45, 7) is 5.00. The molecule has 1 saturated heterocycles. The van der Waals surface area contributed by atoms with Crippen molar-refractivity contribution in [3.05, 3.63) is 28.7 Å². The van der Waals surface area contributed by atoms with Crippen LogP contribution in [0.4, 0.5) is 4.79 Å². The number of ether oxygens (including phenoxy) is 1. The van der Waals surface area contributed by atoms with Crippen molar-refractivity contribution in [2.45, 2.75) is 12.8 Å². The summed E-state index contributed by atoms with van der Waals surface area (Å²) >= 11 is 1.35. The Morgan fingerprint density at radius 1 is 1.65 bits per heavy atom. The van der Waals surface area contributed by atoms with Gasteiger partial charge >= 0.3 is 12.1 Å². The molecule has 0 bridgehead atoms. The van der Waals surface area contributed by atoms with Crippen molar-refractivity contribution in [3.63, 3.8) is 0 Å². The summed E-state index contributed by atoms with van der Waals surface area (Å²) in [5.74, 6) is -0.701. The first-order valence-corrected chi connectivity index (χ1v) is 7.18. The van der Waals surface area contributed by atoms with Crippen LogP contribution in [0.15, 0.2) is 18.0 Å². The highest BCUT2D eigenvalue weighted by Crippen LogP contribution is 2.23. The Kier molecular flexibility index (Phi) is 4.73. The molecule has 1 fully saturated rings. The van der Waals surface area contributed by atoms with E-state index in [2.05, 4.69) is 11.6 Å². The van der Waals surface area contributed by atoms with Crippen LogP contribution in [0.2, 0.25) is 0 Å². The summed E-state index contributed by atoms with van der Waals surface area (Å²) in [4.78, 5) is 28.2. The minimum Gasteiger partial charge on any atom is -0.476 e. The van der Waals surface area contributed by atoms with Crippen LogP contribution in [-0.2, 0) is 11.2 Å². The number of carbonyl (C=O) groups excluding carboxylic acids is 1. The Morgan fingerprint density at radius 2 is 2.45 bits per heavy atom. The molecule has 0 aliphatic carbocycles. The van der Waals surface area contributed by atoms with Crippen LogP contribution >= 0.6 is 11.3 Å². The molecule has 0 radical (unpaired) electrons. The molecule has 1 amide bonds. The number of aromatic carboxylic acids is 1. The molecule has 1 unspecified atom stereocenters. The number of carboxylic acid groups (broad SMARTS) is 1. The minimum absolute atomic E-state index is 0.0882. The fourth-order valence-corrected chi connectivity index (χ4v) is 3.02. The molecule has 7 heteroatoms. The second-order valence-electron chi connectivity index (χ2n) is 4.60. The molecular formula is C13H16N2O4S. The first-order chi connectivity index (χ1) is 9.60. The van der Waals surface area contributed by atoms with Crippen molar-refractivity contribution in [3.8, 4) is 0 Å². The number of carboxylic acids is 1. The van der Waals surface area contributed by atoms with Crippen LogP contribution in [-0.4, -0.2) is 46.7 Å². The second-order valence-corrected chi connectivity index (χ2v) is 5.54. The van der Waals surface area contributed by atoms with Crippen molar-refractivity contribution in [2.75, 3.05) is 19.7 Å². The van der Waals surface area contributed by atoms with Gasteiger partial charge in [-0.1, -0.05) is 12.7 Å². The van der Waals surface area contributed by atoms with Gasteiger partial charge in [-0.25, -0.2) is 14.6 Å². The third-order valence-electron chi connectivity index (χ3n) is 3.10. The molecule has 0 aromatic carbocycles. The van der Waals surface area contributed by atoms with E-state index in [4.69, 9.17) is 9.84 Å². The number of likely N-dealkylation sites (tertiary alicyclic amines) is 1. The van der Waals surface area contributed by atoms with E-state index in [0.717, 1.165) is 11.4 Å². The third-order valence-corrected chi connectivity index (χ3v) is 3.97. The van der Waals surface area contributed by atoms with E-state index < -0.39 is 5.97 Å². The summed E-state index contributed by atoms with van der Waals surface area (Å²) in [7, 11) is 0. The largest absolute Gasteiger partial charge is 0.476 e. The molecule has 6 nitrogen and oxygen atoms in total. The van der Waals surface area contributed by atoms with E-state index in [9.17, 15) is 9.59 Å². The zero-order chi connectivity index (χ0) is 14.5. The summed E-state index contributed by atoms with van der Waals surface area (Å²) in [6, 6.07) is 0. The molecule has 1 aromatic rings. The molecule has 0 spiro atoms. The fraction of sp³-hybridized carbons (Fsp3) is 0.462. The molecule has 1 aliphatic heterocycles. The van der Waals surface area contributed by atoms with Gasteiger partial charge in [-0.15, -0.1) is 11.3 Å². The monoisotopic (exact) mass is 296 g/mol. The van der Waals surface area contributed by atoms with Crippen molar-refractivity contribution in [2.24, 2.45) is 5.92 Å². The van der Waals surface area contributed by atoms with Gasteiger partial charge in [-0.05, 0) is 12.3 Å². The van der Waals surface area contributed by atoms with E-state index in [1.54, 1.807) is 10.3 Å². The molecule has 1 N–H and O–H groups in total. The Bertz CT molecular complexity index is 514. The number of thiazole rings is 1. The summed E-state index contributed by atoms with van der Waals surface area (Å²) in [6.07, 6.45) is 2.79. The molecule has 1 atom stereocenters. The maximum absolute atomic E-state index is 11.7. The lowest BCUT2D eigenvalue weighted by Gasteiger charge is -2.15. The molecule has 1 aliphatic rings.